The molecule has 1 aromatic rings. The first kappa shape index (κ1) is 10.9. The molecular formula is C11H16N6O. The van der Waals surface area contributed by atoms with Crippen LogP contribution in [0.4, 0.5) is 22.1 Å². The number of aromatic nitrogens is 1. The van der Waals surface area contributed by atoms with Crippen LogP contribution in [0.25, 0.3) is 0 Å². The van der Waals surface area contributed by atoms with E-state index in [1.54, 1.807) is 6.07 Å². The molecule has 0 bridgehead atoms. The van der Waals surface area contributed by atoms with Crippen LogP contribution >= 0.6 is 0 Å². The third-order valence-electron chi connectivity index (χ3n) is 3.50. The molecule has 1 unspecified atom stereocenters. The molecular weight excluding hydrogens is 232 g/mol. The Morgan fingerprint density at radius 2 is 2.17 bits per heavy atom. The molecule has 0 radical (unpaired) electrons. The third-order valence-corrected chi connectivity index (χ3v) is 3.50. The smallest absolute Gasteiger partial charge is 0.317 e. The van der Waals surface area contributed by atoms with Gasteiger partial charge in [-0.2, -0.15) is 0 Å². The predicted octanol–water partition coefficient (Wildman–Crippen LogP) is -0.540. The Labute approximate surface area is 105 Å². The van der Waals surface area contributed by atoms with Gasteiger partial charge in [-0.3, -0.25) is 0 Å². The van der Waals surface area contributed by atoms with Crippen LogP contribution in [0.3, 0.4) is 0 Å². The summed E-state index contributed by atoms with van der Waals surface area (Å²) in [4.78, 5) is 19.8. The second-order valence-electron chi connectivity index (χ2n) is 4.62. The second kappa shape index (κ2) is 3.94. The lowest BCUT2D eigenvalue weighted by Gasteiger charge is -2.37. The average molecular weight is 248 g/mol. The molecule has 1 atom stereocenters. The molecule has 0 aliphatic carbocycles. The van der Waals surface area contributed by atoms with Crippen LogP contribution in [0.5, 0.6) is 0 Å². The number of carbonyl (C=O) groups excluding carboxylic acids is 1. The van der Waals surface area contributed by atoms with Crippen LogP contribution in [0.15, 0.2) is 12.1 Å². The van der Waals surface area contributed by atoms with Gasteiger partial charge < -0.3 is 26.6 Å². The Kier molecular flexibility index (Phi) is 2.39. The summed E-state index contributed by atoms with van der Waals surface area (Å²) in [5.74, 6) is 1.18. The Balaban J connectivity index is 1.78. The van der Waals surface area contributed by atoms with Crippen molar-refractivity contribution in [2.45, 2.75) is 6.04 Å². The predicted molar refractivity (Wildman–Crippen MR) is 69.2 cm³/mol. The lowest BCUT2D eigenvalue weighted by atomic mass is 10.2. The van der Waals surface area contributed by atoms with Gasteiger partial charge in [-0.15, -0.1) is 0 Å². The fourth-order valence-electron chi connectivity index (χ4n) is 2.46. The number of amides is 2. The van der Waals surface area contributed by atoms with Gasteiger partial charge in [-0.25, -0.2) is 9.78 Å². The zero-order chi connectivity index (χ0) is 12.7. The highest BCUT2D eigenvalue weighted by atomic mass is 16.2. The molecule has 2 fully saturated rings. The van der Waals surface area contributed by atoms with E-state index in [1.807, 2.05) is 11.0 Å². The topological polar surface area (TPSA) is 101 Å². The summed E-state index contributed by atoms with van der Waals surface area (Å²) in [6, 6.07) is 3.88. The minimum absolute atomic E-state index is 0.0319. The number of piperazine rings is 1. The van der Waals surface area contributed by atoms with E-state index in [0.717, 1.165) is 18.9 Å². The molecule has 3 rings (SSSR count). The van der Waals surface area contributed by atoms with E-state index in [2.05, 4.69) is 15.2 Å². The lowest BCUT2D eigenvalue weighted by molar-refractivity contribution is 0.197. The van der Waals surface area contributed by atoms with Crippen LogP contribution < -0.4 is 21.7 Å². The van der Waals surface area contributed by atoms with E-state index in [4.69, 9.17) is 11.5 Å². The number of hydrogen-bond acceptors (Lipinski definition) is 5. The van der Waals surface area contributed by atoms with Gasteiger partial charge in [-0.1, -0.05) is 0 Å². The molecule has 0 spiro atoms. The lowest BCUT2D eigenvalue weighted by Crippen LogP contribution is -2.52. The van der Waals surface area contributed by atoms with Crippen LogP contribution in [0.2, 0.25) is 0 Å². The molecule has 0 aromatic carbocycles. The highest BCUT2D eigenvalue weighted by Gasteiger charge is 2.35. The van der Waals surface area contributed by atoms with Crippen molar-refractivity contribution in [3.8, 4) is 0 Å². The zero-order valence-corrected chi connectivity index (χ0v) is 9.97. The first-order valence-corrected chi connectivity index (χ1v) is 5.96. The van der Waals surface area contributed by atoms with Crippen molar-refractivity contribution in [2.75, 3.05) is 42.5 Å². The Morgan fingerprint density at radius 1 is 1.33 bits per heavy atom. The third kappa shape index (κ3) is 1.68. The number of nitrogens with one attached hydrogen (secondary N) is 1. The van der Waals surface area contributed by atoms with Crippen molar-refractivity contribution in [1.82, 2.24) is 15.2 Å². The molecule has 0 saturated carbocycles. The highest BCUT2D eigenvalue weighted by molar-refractivity contribution is 5.77. The SMILES string of the molecule is Nc1ccc(N2CCN3C(=O)NCC3C2)nc1N. The van der Waals surface area contributed by atoms with Crippen LogP contribution in [-0.2, 0) is 0 Å². The van der Waals surface area contributed by atoms with Gasteiger partial charge >= 0.3 is 6.03 Å². The number of pyridine rings is 1. The van der Waals surface area contributed by atoms with Gasteiger partial charge in [0.15, 0.2) is 0 Å². The summed E-state index contributed by atoms with van der Waals surface area (Å²) in [5.41, 5.74) is 11.9. The van der Waals surface area contributed by atoms with Crippen molar-refractivity contribution in [3.05, 3.63) is 12.1 Å². The van der Waals surface area contributed by atoms with Gasteiger partial charge in [0.2, 0.25) is 0 Å². The Morgan fingerprint density at radius 3 is 2.94 bits per heavy atom. The van der Waals surface area contributed by atoms with Gasteiger partial charge in [0.25, 0.3) is 0 Å². The van der Waals surface area contributed by atoms with E-state index >= 15 is 0 Å². The van der Waals surface area contributed by atoms with Gasteiger partial charge in [-0.05, 0) is 12.1 Å². The molecule has 1 aromatic heterocycles. The fraction of sp³-hybridized carbons (Fsp3) is 0.455. The van der Waals surface area contributed by atoms with E-state index in [1.165, 1.54) is 0 Å². The minimum Gasteiger partial charge on any atom is -0.396 e. The molecule has 2 saturated heterocycles. The number of carbonyl (C=O) groups is 1. The molecule has 7 nitrogen and oxygen atoms in total. The summed E-state index contributed by atoms with van der Waals surface area (Å²) in [6.07, 6.45) is 0. The number of nitrogen functional groups attached to an aromatic ring is 2. The normalized spacial score (nSPS) is 22.9. The molecule has 2 amide bonds. The number of fused-ring (bicyclic) bond motifs is 1. The maximum Gasteiger partial charge on any atom is 0.317 e. The minimum atomic E-state index is 0.0319. The zero-order valence-electron chi connectivity index (χ0n) is 9.97. The summed E-state index contributed by atoms with van der Waals surface area (Å²) in [7, 11) is 0. The largest absolute Gasteiger partial charge is 0.396 e. The molecule has 5 N–H and O–H groups in total. The van der Waals surface area contributed by atoms with Crippen LogP contribution in [0.1, 0.15) is 0 Å². The maximum atomic E-state index is 11.5. The molecule has 18 heavy (non-hydrogen) atoms. The number of nitrogens with zero attached hydrogens (tertiary/aromatic N) is 3. The Hall–Kier alpha value is -2.18. The van der Waals surface area contributed by atoms with Gasteiger partial charge in [0.1, 0.15) is 11.6 Å². The molecule has 7 heteroatoms. The molecule has 2 aliphatic heterocycles. The van der Waals surface area contributed by atoms with Crippen molar-refractivity contribution in [3.63, 3.8) is 0 Å². The quantitative estimate of drug-likeness (QED) is 0.619. The van der Waals surface area contributed by atoms with E-state index in [-0.39, 0.29) is 12.1 Å². The molecule has 96 valence electrons. The van der Waals surface area contributed by atoms with Crippen molar-refractivity contribution in [2.24, 2.45) is 0 Å². The number of anilines is 3. The van der Waals surface area contributed by atoms with E-state index in [0.29, 0.717) is 24.6 Å². The first-order chi connectivity index (χ1) is 8.65. The second-order valence-corrected chi connectivity index (χ2v) is 4.62. The van der Waals surface area contributed by atoms with Crippen molar-refractivity contribution >= 4 is 23.4 Å². The maximum absolute atomic E-state index is 11.5. The average Bonchev–Trinajstić information content (AvgIpc) is 2.74. The number of urea groups is 1. The van der Waals surface area contributed by atoms with Crippen LogP contribution in [0, 0.1) is 0 Å². The number of rotatable bonds is 1. The van der Waals surface area contributed by atoms with Crippen molar-refractivity contribution in [1.29, 1.82) is 0 Å². The van der Waals surface area contributed by atoms with Crippen molar-refractivity contribution < 1.29 is 4.79 Å². The number of nitrogens with two attached hydrogens (primary N) is 2. The monoisotopic (exact) mass is 248 g/mol. The standard InChI is InChI=1S/C11H16N6O/c12-8-1-2-9(15-10(8)13)16-3-4-17-7(6-16)5-14-11(17)18/h1-2,7H,3-6,12H2,(H2,13,15)(H,14,18). The summed E-state index contributed by atoms with van der Waals surface area (Å²) >= 11 is 0. The molecule has 2 aliphatic rings. The Bertz CT molecular complexity index is 490. The summed E-state index contributed by atoms with van der Waals surface area (Å²) < 4.78 is 0. The highest BCUT2D eigenvalue weighted by Crippen LogP contribution is 2.22. The molecule has 3 heterocycles. The van der Waals surface area contributed by atoms with E-state index in [9.17, 15) is 4.79 Å². The summed E-state index contributed by atoms with van der Waals surface area (Å²) in [5, 5.41) is 2.85. The van der Waals surface area contributed by atoms with E-state index < -0.39 is 0 Å². The number of hydrogen-bond donors (Lipinski definition) is 3. The first-order valence-electron chi connectivity index (χ1n) is 5.96. The van der Waals surface area contributed by atoms with Gasteiger partial charge in [0, 0.05) is 26.2 Å². The van der Waals surface area contributed by atoms with Gasteiger partial charge in [0.05, 0.1) is 11.7 Å². The fourth-order valence-corrected chi connectivity index (χ4v) is 2.46. The summed E-state index contributed by atoms with van der Waals surface area (Å²) in [6.45, 7) is 2.94. The van der Waals surface area contributed by atoms with Crippen LogP contribution in [-0.4, -0.2) is 48.1 Å².